The number of ether oxygens (including phenoxy) is 1. The minimum absolute atomic E-state index is 0.463. The van der Waals surface area contributed by atoms with E-state index in [1.807, 2.05) is 0 Å². The standard InChI is InChI=1S/C15H23ClO/c1-5-6-13(10-16)12-7-8-15(17-4)14(9-12)11(2)3/h7-9,11,13H,5-6,10H2,1-4H3. The SMILES string of the molecule is CCCC(CCl)c1ccc(OC)c(C(C)C)c1. The highest BCUT2D eigenvalue weighted by molar-refractivity contribution is 6.18. The van der Waals surface area contributed by atoms with Crippen molar-refractivity contribution in [2.24, 2.45) is 0 Å². The van der Waals surface area contributed by atoms with Gasteiger partial charge in [-0.2, -0.15) is 0 Å². The van der Waals surface area contributed by atoms with Crippen molar-refractivity contribution in [3.8, 4) is 5.75 Å². The Balaban J connectivity index is 3.05. The summed E-state index contributed by atoms with van der Waals surface area (Å²) in [6, 6.07) is 6.47. The molecule has 0 aromatic heterocycles. The summed E-state index contributed by atoms with van der Waals surface area (Å²) in [6.07, 6.45) is 2.31. The molecule has 0 fully saturated rings. The molecule has 0 aliphatic carbocycles. The van der Waals surface area contributed by atoms with E-state index in [9.17, 15) is 0 Å². The van der Waals surface area contributed by atoms with Crippen molar-refractivity contribution in [1.29, 1.82) is 0 Å². The van der Waals surface area contributed by atoms with Gasteiger partial charge in [-0.3, -0.25) is 0 Å². The van der Waals surface area contributed by atoms with Crippen LogP contribution in [0.4, 0.5) is 0 Å². The second-order valence-electron chi connectivity index (χ2n) is 4.80. The highest BCUT2D eigenvalue weighted by Crippen LogP contribution is 2.31. The van der Waals surface area contributed by atoms with E-state index >= 15 is 0 Å². The maximum Gasteiger partial charge on any atom is 0.122 e. The van der Waals surface area contributed by atoms with Crippen molar-refractivity contribution in [1.82, 2.24) is 0 Å². The smallest absolute Gasteiger partial charge is 0.122 e. The lowest BCUT2D eigenvalue weighted by molar-refractivity contribution is 0.407. The normalized spacial score (nSPS) is 12.8. The lowest BCUT2D eigenvalue weighted by Crippen LogP contribution is -2.03. The van der Waals surface area contributed by atoms with Gasteiger partial charge in [0.25, 0.3) is 0 Å². The Labute approximate surface area is 110 Å². The van der Waals surface area contributed by atoms with Gasteiger partial charge in [-0.15, -0.1) is 11.6 Å². The molecule has 0 saturated heterocycles. The predicted octanol–water partition coefficient (Wildman–Crippen LogP) is 4.94. The van der Waals surface area contributed by atoms with Crippen LogP contribution in [0.1, 0.15) is 56.6 Å². The highest BCUT2D eigenvalue weighted by Gasteiger charge is 2.14. The first-order chi connectivity index (χ1) is 8.13. The first-order valence-corrected chi connectivity index (χ1v) is 6.91. The fraction of sp³-hybridized carbons (Fsp3) is 0.600. The number of methoxy groups -OCH3 is 1. The first-order valence-electron chi connectivity index (χ1n) is 6.37. The monoisotopic (exact) mass is 254 g/mol. The Morgan fingerprint density at radius 1 is 1.29 bits per heavy atom. The summed E-state index contributed by atoms with van der Waals surface area (Å²) in [7, 11) is 1.73. The molecule has 0 bridgehead atoms. The average Bonchev–Trinajstić information content (AvgIpc) is 2.35. The molecule has 1 atom stereocenters. The molecule has 0 N–H and O–H groups in total. The third-order valence-electron chi connectivity index (χ3n) is 3.17. The largest absolute Gasteiger partial charge is 0.496 e. The molecule has 17 heavy (non-hydrogen) atoms. The molecule has 0 saturated carbocycles. The van der Waals surface area contributed by atoms with Crippen molar-refractivity contribution < 1.29 is 4.74 Å². The summed E-state index contributed by atoms with van der Waals surface area (Å²) in [5.74, 6) is 2.61. The molecule has 1 nitrogen and oxygen atoms in total. The summed E-state index contributed by atoms with van der Waals surface area (Å²) in [5.41, 5.74) is 2.61. The molecule has 0 radical (unpaired) electrons. The summed E-state index contributed by atoms with van der Waals surface area (Å²) < 4.78 is 5.40. The third-order valence-corrected chi connectivity index (χ3v) is 3.54. The number of hydrogen-bond acceptors (Lipinski definition) is 1. The Kier molecular flexibility index (Phi) is 5.84. The van der Waals surface area contributed by atoms with Crippen LogP contribution in [-0.4, -0.2) is 13.0 Å². The van der Waals surface area contributed by atoms with E-state index in [-0.39, 0.29) is 0 Å². The molecule has 0 aliphatic heterocycles. The lowest BCUT2D eigenvalue weighted by atomic mass is 9.91. The molecule has 0 heterocycles. The van der Waals surface area contributed by atoms with Gasteiger partial charge in [-0.05, 0) is 35.4 Å². The van der Waals surface area contributed by atoms with Gasteiger partial charge < -0.3 is 4.74 Å². The lowest BCUT2D eigenvalue weighted by Gasteiger charge is -2.18. The van der Waals surface area contributed by atoms with E-state index in [1.54, 1.807) is 7.11 Å². The van der Waals surface area contributed by atoms with Gasteiger partial charge in [-0.1, -0.05) is 39.3 Å². The summed E-state index contributed by atoms with van der Waals surface area (Å²) in [5, 5.41) is 0. The van der Waals surface area contributed by atoms with Gasteiger partial charge in [-0.25, -0.2) is 0 Å². The number of halogens is 1. The summed E-state index contributed by atoms with van der Waals surface area (Å²) >= 11 is 6.06. The van der Waals surface area contributed by atoms with Crippen molar-refractivity contribution in [3.05, 3.63) is 29.3 Å². The van der Waals surface area contributed by atoms with Crippen LogP contribution < -0.4 is 4.74 Å². The van der Waals surface area contributed by atoms with Gasteiger partial charge in [0.05, 0.1) is 7.11 Å². The molecule has 1 aromatic rings. The van der Waals surface area contributed by atoms with Crippen molar-refractivity contribution in [2.75, 3.05) is 13.0 Å². The summed E-state index contributed by atoms with van der Waals surface area (Å²) in [4.78, 5) is 0. The van der Waals surface area contributed by atoms with Crippen LogP contribution in [-0.2, 0) is 0 Å². The van der Waals surface area contributed by atoms with Gasteiger partial charge in [0.15, 0.2) is 0 Å². The number of hydrogen-bond donors (Lipinski definition) is 0. The number of rotatable bonds is 6. The van der Waals surface area contributed by atoms with Crippen LogP contribution >= 0.6 is 11.6 Å². The fourth-order valence-corrected chi connectivity index (χ4v) is 2.47. The molecular weight excluding hydrogens is 232 g/mol. The molecule has 0 spiro atoms. The van der Waals surface area contributed by atoms with E-state index in [4.69, 9.17) is 16.3 Å². The van der Waals surface area contributed by atoms with Crippen molar-refractivity contribution in [3.63, 3.8) is 0 Å². The zero-order valence-corrected chi connectivity index (χ0v) is 12.1. The molecule has 1 rings (SSSR count). The van der Waals surface area contributed by atoms with Crippen molar-refractivity contribution >= 4 is 11.6 Å². The van der Waals surface area contributed by atoms with E-state index in [2.05, 4.69) is 39.0 Å². The van der Waals surface area contributed by atoms with Gasteiger partial charge >= 0.3 is 0 Å². The highest BCUT2D eigenvalue weighted by atomic mass is 35.5. The number of benzene rings is 1. The molecular formula is C15H23ClO. The predicted molar refractivity (Wildman–Crippen MR) is 75.5 cm³/mol. The second kappa shape index (κ2) is 6.90. The molecule has 2 heteroatoms. The zero-order valence-electron chi connectivity index (χ0n) is 11.3. The minimum Gasteiger partial charge on any atom is -0.496 e. The zero-order chi connectivity index (χ0) is 12.8. The number of alkyl halides is 1. The van der Waals surface area contributed by atoms with Gasteiger partial charge in [0.1, 0.15) is 5.75 Å². The van der Waals surface area contributed by atoms with Crippen LogP contribution in [0.5, 0.6) is 5.75 Å². The molecule has 0 amide bonds. The first kappa shape index (κ1) is 14.4. The van der Waals surface area contributed by atoms with Crippen molar-refractivity contribution in [2.45, 2.75) is 45.4 Å². The Morgan fingerprint density at radius 3 is 2.47 bits per heavy atom. The maximum atomic E-state index is 6.06. The second-order valence-corrected chi connectivity index (χ2v) is 5.10. The van der Waals surface area contributed by atoms with Crippen LogP contribution in [0, 0.1) is 0 Å². The maximum absolute atomic E-state index is 6.06. The summed E-state index contributed by atoms with van der Waals surface area (Å²) in [6.45, 7) is 6.58. The van der Waals surface area contributed by atoms with E-state index in [0.717, 1.165) is 12.2 Å². The molecule has 96 valence electrons. The van der Waals surface area contributed by atoms with E-state index in [0.29, 0.717) is 17.7 Å². The van der Waals surface area contributed by atoms with Crippen LogP contribution in [0.25, 0.3) is 0 Å². The Morgan fingerprint density at radius 2 is 2.00 bits per heavy atom. The fourth-order valence-electron chi connectivity index (χ4n) is 2.14. The van der Waals surface area contributed by atoms with Crippen LogP contribution in [0.15, 0.2) is 18.2 Å². The molecule has 1 unspecified atom stereocenters. The van der Waals surface area contributed by atoms with E-state index < -0.39 is 0 Å². The Bertz CT molecular complexity index is 347. The van der Waals surface area contributed by atoms with Gasteiger partial charge in [0.2, 0.25) is 0 Å². The van der Waals surface area contributed by atoms with E-state index in [1.165, 1.54) is 17.5 Å². The van der Waals surface area contributed by atoms with Crippen LogP contribution in [0.2, 0.25) is 0 Å². The third kappa shape index (κ3) is 3.64. The molecule has 1 aromatic carbocycles. The van der Waals surface area contributed by atoms with Crippen LogP contribution in [0.3, 0.4) is 0 Å². The average molecular weight is 255 g/mol. The minimum atomic E-state index is 0.463. The topological polar surface area (TPSA) is 9.23 Å². The quantitative estimate of drug-likeness (QED) is 0.654. The van der Waals surface area contributed by atoms with Gasteiger partial charge in [0, 0.05) is 5.88 Å². The molecule has 0 aliphatic rings. The Hall–Kier alpha value is -0.690.